The SMILES string of the molecule is Cc1cc(OCc2ccccc2)c(C)cc1C=C1CN=C(NC#N)S1. The molecule has 0 spiro atoms. The van der Waals surface area contributed by atoms with Gasteiger partial charge in [-0.1, -0.05) is 42.1 Å². The highest BCUT2D eigenvalue weighted by Crippen LogP contribution is 2.30. The van der Waals surface area contributed by atoms with E-state index in [-0.39, 0.29) is 0 Å². The number of amidine groups is 1. The fourth-order valence-corrected chi connectivity index (χ4v) is 3.35. The van der Waals surface area contributed by atoms with Crippen molar-refractivity contribution in [3.8, 4) is 11.9 Å². The fraction of sp³-hybridized carbons (Fsp3) is 0.200. The van der Waals surface area contributed by atoms with Crippen LogP contribution in [0.25, 0.3) is 6.08 Å². The summed E-state index contributed by atoms with van der Waals surface area (Å²) in [5.41, 5.74) is 4.57. The van der Waals surface area contributed by atoms with Crippen LogP contribution in [0, 0.1) is 25.3 Å². The van der Waals surface area contributed by atoms with Gasteiger partial charge in [-0.3, -0.25) is 10.3 Å². The zero-order valence-electron chi connectivity index (χ0n) is 14.2. The lowest BCUT2D eigenvalue weighted by molar-refractivity contribution is 0.304. The molecule has 0 radical (unpaired) electrons. The van der Waals surface area contributed by atoms with E-state index in [9.17, 15) is 0 Å². The third-order valence-electron chi connectivity index (χ3n) is 3.89. The fourth-order valence-electron chi connectivity index (χ4n) is 2.56. The summed E-state index contributed by atoms with van der Waals surface area (Å²) in [6.07, 6.45) is 4.03. The highest BCUT2D eigenvalue weighted by Gasteiger charge is 2.13. The van der Waals surface area contributed by atoms with Gasteiger partial charge in [0.1, 0.15) is 12.4 Å². The van der Waals surface area contributed by atoms with Crippen LogP contribution < -0.4 is 10.1 Å². The smallest absolute Gasteiger partial charge is 0.183 e. The number of rotatable bonds is 4. The molecule has 1 aliphatic heterocycles. The maximum Gasteiger partial charge on any atom is 0.183 e. The molecule has 0 amide bonds. The number of nitrogens with zero attached hydrogens (tertiary/aromatic N) is 2. The predicted octanol–water partition coefficient (Wildman–Crippen LogP) is 4.40. The van der Waals surface area contributed by atoms with Gasteiger partial charge in [0.2, 0.25) is 0 Å². The predicted molar refractivity (Wildman–Crippen MR) is 103 cm³/mol. The molecule has 1 N–H and O–H groups in total. The maximum atomic E-state index is 8.66. The van der Waals surface area contributed by atoms with Gasteiger partial charge in [0.25, 0.3) is 0 Å². The average Bonchev–Trinajstić information content (AvgIpc) is 3.05. The number of hydrogen-bond acceptors (Lipinski definition) is 5. The van der Waals surface area contributed by atoms with Crippen molar-refractivity contribution >= 4 is 23.0 Å². The van der Waals surface area contributed by atoms with Gasteiger partial charge < -0.3 is 4.74 Å². The number of nitriles is 1. The van der Waals surface area contributed by atoms with Gasteiger partial charge in [-0.2, -0.15) is 5.26 Å². The lowest BCUT2D eigenvalue weighted by Crippen LogP contribution is -2.10. The molecule has 0 aliphatic carbocycles. The minimum absolute atomic E-state index is 0.564. The standard InChI is InChI=1S/C20H19N3OS/c1-14-9-19(24-12-16-6-4-3-5-7-16)15(2)8-17(14)10-18-11-22-20(25-18)23-13-21/h3-10H,11-12H2,1-2H3,(H,22,23). The van der Waals surface area contributed by atoms with Gasteiger partial charge in [-0.05, 0) is 54.3 Å². The molecule has 0 fully saturated rings. The highest BCUT2D eigenvalue weighted by atomic mass is 32.2. The molecule has 0 bridgehead atoms. The third kappa shape index (κ3) is 4.43. The van der Waals surface area contributed by atoms with Crippen molar-refractivity contribution in [2.75, 3.05) is 6.54 Å². The number of aryl methyl sites for hydroxylation is 2. The summed E-state index contributed by atoms with van der Waals surface area (Å²) < 4.78 is 5.98. The first-order valence-electron chi connectivity index (χ1n) is 8.01. The molecule has 2 aromatic carbocycles. The van der Waals surface area contributed by atoms with E-state index < -0.39 is 0 Å². The molecular formula is C20H19N3OS. The quantitative estimate of drug-likeness (QED) is 0.657. The van der Waals surface area contributed by atoms with Gasteiger partial charge >= 0.3 is 0 Å². The molecular weight excluding hydrogens is 330 g/mol. The average molecular weight is 349 g/mol. The first-order chi connectivity index (χ1) is 12.2. The van der Waals surface area contributed by atoms with E-state index in [1.165, 1.54) is 11.8 Å². The van der Waals surface area contributed by atoms with E-state index in [4.69, 9.17) is 10.00 Å². The number of hydrogen-bond donors (Lipinski definition) is 1. The lowest BCUT2D eigenvalue weighted by Gasteiger charge is -2.12. The molecule has 1 heterocycles. The Morgan fingerprint density at radius 2 is 2.04 bits per heavy atom. The summed E-state index contributed by atoms with van der Waals surface area (Å²) in [5, 5.41) is 11.9. The molecule has 0 saturated carbocycles. The van der Waals surface area contributed by atoms with Crippen molar-refractivity contribution in [2.24, 2.45) is 4.99 Å². The van der Waals surface area contributed by atoms with Crippen LogP contribution in [0.3, 0.4) is 0 Å². The Morgan fingerprint density at radius 3 is 2.80 bits per heavy atom. The van der Waals surface area contributed by atoms with Crippen molar-refractivity contribution in [3.05, 3.63) is 69.6 Å². The topological polar surface area (TPSA) is 57.4 Å². The van der Waals surface area contributed by atoms with Crippen molar-refractivity contribution in [1.82, 2.24) is 5.32 Å². The van der Waals surface area contributed by atoms with Gasteiger partial charge in [0.05, 0.1) is 6.54 Å². The number of ether oxygens (including phenoxy) is 1. The molecule has 2 aromatic rings. The molecule has 126 valence electrons. The Balaban J connectivity index is 1.71. The van der Waals surface area contributed by atoms with E-state index in [0.717, 1.165) is 32.9 Å². The maximum absolute atomic E-state index is 8.66. The molecule has 0 aromatic heterocycles. The van der Waals surface area contributed by atoms with Crippen molar-refractivity contribution in [3.63, 3.8) is 0 Å². The van der Waals surface area contributed by atoms with Gasteiger partial charge in [-0.25, -0.2) is 0 Å². The molecule has 4 nitrogen and oxygen atoms in total. The largest absolute Gasteiger partial charge is 0.489 e. The Kier molecular flexibility index (Phi) is 5.42. The number of benzene rings is 2. The van der Waals surface area contributed by atoms with Gasteiger partial charge in [0.15, 0.2) is 11.4 Å². The Morgan fingerprint density at radius 1 is 1.24 bits per heavy atom. The van der Waals surface area contributed by atoms with E-state index in [0.29, 0.717) is 18.3 Å². The van der Waals surface area contributed by atoms with E-state index in [1.54, 1.807) is 0 Å². The lowest BCUT2D eigenvalue weighted by atomic mass is 10.0. The van der Waals surface area contributed by atoms with Crippen LogP contribution in [-0.4, -0.2) is 11.7 Å². The monoisotopic (exact) mass is 349 g/mol. The molecule has 25 heavy (non-hydrogen) atoms. The second kappa shape index (κ2) is 7.91. The van der Waals surface area contributed by atoms with Crippen LogP contribution in [0.2, 0.25) is 0 Å². The minimum atomic E-state index is 0.564. The zero-order valence-corrected chi connectivity index (χ0v) is 15.1. The summed E-state index contributed by atoms with van der Waals surface area (Å²) in [5.74, 6) is 0.908. The zero-order chi connectivity index (χ0) is 17.6. The molecule has 0 saturated heterocycles. The molecule has 1 aliphatic rings. The first kappa shape index (κ1) is 17.1. The second-order valence-electron chi connectivity index (χ2n) is 5.82. The molecule has 5 heteroatoms. The summed E-state index contributed by atoms with van der Waals surface area (Å²) in [7, 11) is 0. The second-order valence-corrected chi connectivity index (χ2v) is 6.93. The normalized spacial score (nSPS) is 14.9. The van der Waals surface area contributed by atoms with Crippen molar-refractivity contribution in [2.45, 2.75) is 20.5 Å². The summed E-state index contributed by atoms with van der Waals surface area (Å²) >= 11 is 1.50. The molecule has 0 atom stereocenters. The van der Waals surface area contributed by atoms with E-state index in [1.807, 2.05) is 24.4 Å². The van der Waals surface area contributed by atoms with E-state index in [2.05, 4.69) is 54.5 Å². The van der Waals surface area contributed by atoms with Gasteiger partial charge in [-0.15, -0.1) is 0 Å². The highest BCUT2D eigenvalue weighted by molar-refractivity contribution is 8.17. The summed E-state index contributed by atoms with van der Waals surface area (Å²) in [4.78, 5) is 5.41. The van der Waals surface area contributed by atoms with Crippen LogP contribution >= 0.6 is 11.8 Å². The number of nitrogens with one attached hydrogen (secondary N) is 1. The van der Waals surface area contributed by atoms with Crippen LogP contribution in [0.5, 0.6) is 5.75 Å². The molecule has 0 unspecified atom stereocenters. The first-order valence-corrected chi connectivity index (χ1v) is 8.83. The summed E-state index contributed by atoms with van der Waals surface area (Å²) in [6, 6.07) is 14.4. The Hall–Kier alpha value is -2.71. The summed E-state index contributed by atoms with van der Waals surface area (Å²) in [6.45, 7) is 5.31. The van der Waals surface area contributed by atoms with Crippen LogP contribution in [-0.2, 0) is 6.61 Å². The molecule has 3 rings (SSSR count). The van der Waals surface area contributed by atoms with E-state index >= 15 is 0 Å². The third-order valence-corrected chi connectivity index (χ3v) is 4.82. The van der Waals surface area contributed by atoms with Crippen molar-refractivity contribution in [1.29, 1.82) is 5.26 Å². The minimum Gasteiger partial charge on any atom is -0.489 e. The Labute approximate surface area is 152 Å². The van der Waals surface area contributed by atoms with Gasteiger partial charge in [0, 0.05) is 4.91 Å². The van der Waals surface area contributed by atoms with Crippen LogP contribution in [0.15, 0.2) is 52.4 Å². The number of thioether (sulfide) groups is 1. The van der Waals surface area contributed by atoms with Crippen molar-refractivity contribution < 1.29 is 4.74 Å². The number of aliphatic imine (C=N–C) groups is 1. The Bertz CT molecular complexity index is 867. The van der Waals surface area contributed by atoms with Crippen LogP contribution in [0.1, 0.15) is 22.3 Å². The van der Waals surface area contributed by atoms with Crippen LogP contribution in [0.4, 0.5) is 0 Å².